The summed E-state index contributed by atoms with van der Waals surface area (Å²) in [5.41, 5.74) is 6.58. The van der Waals surface area contributed by atoms with Crippen LogP contribution in [-0.2, 0) is 12.7 Å². The second-order valence-electron chi connectivity index (χ2n) is 3.67. The van der Waals surface area contributed by atoms with Gasteiger partial charge in [0.15, 0.2) is 0 Å². The number of nitrogens with two attached hydrogens (primary N) is 1. The monoisotopic (exact) mass is 319 g/mol. The van der Waals surface area contributed by atoms with Gasteiger partial charge in [-0.3, -0.25) is 5.10 Å². The summed E-state index contributed by atoms with van der Waals surface area (Å²) in [4.78, 5) is 0. The first kappa shape index (κ1) is 13.1. The van der Waals surface area contributed by atoms with Gasteiger partial charge in [0.2, 0.25) is 0 Å². The molecule has 0 aliphatic rings. The molecular weight excluding hydrogens is 311 g/mol. The predicted octanol–water partition coefficient (Wildman–Crippen LogP) is 3.32. The molecule has 0 aliphatic heterocycles. The number of H-pyrrole nitrogens is 1. The number of rotatable bonds is 2. The fourth-order valence-electron chi connectivity index (χ4n) is 1.50. The molecule has 0 aliphatic carbocycles. The van der Waals surface area contributed by atoms with E-state index in [4.69, 9.17) is 5.73 Å². The van der Waals surface area contributed by atoms with Crippen LogP contribution in [0.3, 0.4) is 0 Å². The van der Waals surface area contributed by atoms with E-state index in [1.54, 1.807) is 6.07 Å². The van der Waals surface area contributed by atoms with Crippen LogP contribution in [0.5, 0.6) is 0 Å². The van der Waals surface area contributed by atoms with Crippen molar-refractivity contribution in [2.75, 3.05) is 0 Å². The van der Waals surface area contributed by atoms with Crippen LogP contribution in [0.15, 0.2) is 28.7 Å². The minimum absolute atomic E-state index is 0.297. The van der Waals surface area contributed by atoms with E-state index >= 15 is 0 Å². The number of aromatic amines is 1. The highest BCUT2D eigenvalue weighted by molar-refractivity contribution is 9.10. The third kappa shape index (κ3) is 2.56. The van der Waals surface area contributed by atoms with Crippen molar-refractivity contribution >= 4 is 15.9 Å². The Morgan fingerprint density at radius 3 is 2.50 bits per heavy atom. The Labute approximate surface area is 109 Å². The smallest absolute Gasteiger partial charge is 0.325 e. The number of aromatic nitrogens is 2. The van der Waals surface area contributed by atoms with Crippen LogP contribution < -0.4 is 5.73 Å². The molecule has 96 valence electrons. The zero-order chi connectivity index (χ0) is 13.3. The average Bonchev–Trinajstić information content (AvgIpc) is 2.76. The largest absolute Gasteiger partial charge is 0.416 e. The van der Waals surface area contributed by atoms with Crippen LogP contribution in [0.4, 0.5) is 13.2 Å². The Balaban J connectivity index is 2.41. The molecule has 0 saturated carbocycles. The molecule has 2 aromatic rings. The average molecular weight is 320 g/mol. The van der Waals surface area contributed by atoms with Crippen molar-refractivity contribution in [1.82, 2.24) is 10.2 Å². The molecule has 0 fully saturated rings. The minimum Gasteiger partial charge on any atom is -0.325 e. The highest BCUT2D eigenvalue weighted by Gasteiger charge is 2.30. The van der Waals surface area contributed by atoms with E-state index < -0.39 is 11.7 Å². The molecule has 3 nitrogen and oxygen atoms in total. The third-order valence-electron chi connectivity index (χ3n) is 2.42. The van der Waals surface area contributed by atoms with Crippen LogP contribution in [-0.4, -0.2) is 10.2 Å². The second-order valence-corrected chi connectivity index (χ2v) is 4.53. The molecule has 0 atom stereocenters. The zero-order valence-corrected chi connectivity index (χ0v) is 10.6. The topological polar surface area (TPSA) is 54.7 Å². The van der Waals surface area contributed by atoms with E-state index in [1.165, 1.54) is 6.07 Å². The van der Waals surface area contributed by atoms with Crippen molar-refractivity contribution < 1.29 is 13.2 Å². The summed E-state index contributed by atoms with van der Waals surface area (Å²) in [5, 5.41) is 6.70. The summed E-state index contributed by atoms with van der Waals surface area (Å²) in [6.45, 7) is 0.297. The van der Waals surface area contributed by atoms with Gasteiger partial charge in [0, 0.05) is 22.3 Å². The van der Waals surface area contributed by atoms with Gasteiger partial charge in [-0.1, -0.05) is 22.0 Å². The Hall–Kier alpha value is -1.34. The van der Waals surface area contributed by atoms with E-state index in [9.17, 15) is 13.2 Å². The van der Waals surface area contributed by atoms with E-state index in [2.05, 4.69) is 26.1 Å². The quantitative estimate of drug-likeness (QED) is 0.892. The Morgan fingerprint density at radius 2 is 2.00 bits per heavy atom. The summed E-state index contributed by atoms with van der Waals surface area (Å²) in [6.07, 6.45) is -4.35. The number of nitrogens with one attached hydrogen (secondary N) is 1. The van der Waals surface area contributed by atoms with Gasteiger partial charge in [-0.2, -0.15) is 18.3 Å². The van der Waals surface area contributed by atoms with Gasteiger partial charge >= 0.3 is 6.18 Å². The first-order valence-electron chi connectivity index (χ1n) is 5.03. The van der Waals surface area contributed by atoms with Crippen molar-refractivity contribution in [3.05, 3.63) is 40.0 Å². The van der Waals surface area contributed by atoms with Gasteiger partial charge in [0.1, 0.15) is 0 Å². The standard InChI is InChI=1S/C11H9BrF3N3/c12-9-3-6(11(13,14)15)1-2-8(9)10-4-7(5-16)17-18-10/h1-4H,5,16H2,(H,17,18). The summed E-state index contributed by atoms with van der Waals surface area (Å²) in [5.74, 6) is 0. The van der Waals surface area contributed by atoms with Gasteiger partial charge < -0.3 is 5.73 Å². The Kier molecular flexibility index (Phi) is 3.45. The van der Waals surface area contributed by atoms with Gasteiger partial charge in [-0.15, -0.1) is 0 Å². The summed E-state index contributed by atoms with van der Waals surface area (Å²) >= 11 is 3.12. The predicted molar refractivity (Wildman–Crippen MR) is 64.6 cm³/mol. The third-order valence-corrected chi connectivity index (χ3v) is 3.08. The van der Waals surface area contributed by atoms with Gasteiger partial charge in [-0.05, 0) is 18.2 Å². The van der Waals surface area contributed by atoms with E-state index in [0.29, 0.717) is 22.3 Å². The van der Waals surface area contributed by atoms with E-state index in [0.717, 1.165) is 17.8 Å². The van der Waals surface area contributed by atoms with E-state index in [1.807, 2.05) is 0 Å². The van der Waals surface area contributed by atoms with Crippen LogP contribution in [0.2, 0.25) is 0 Å². The molecule has 7 heteroatoms. The lowest BCUT2D eigenvalue weighted by Gasteiger charge is -2.08. The molecule has 0 unspecified atom stereocenters. The minimum atomic E-state index is -4.35. The number of alkyl halides is 3. The molecule has 0 amide bonds. The molecule has 1 heterocycles. The molecule has 0 spiro atoms. The first-order valence-corrected chi connectivity index (χ1v) is 5.82. The highest BCUT2D eigenvalue weighted by atomic mass is 79.9. The SMILES string of the molecule is NCc1cc(-c2ccc(C(F)(F)F)cc2Br)n[nH]1. The van der Waals surface area contributed by atoms with Crippen LogP contribution in [0.1, 0.15) is 11.3 Å². The fraction of sp³-hybridized carbons (Fsp3) is 0.182. The molecular formula is C11H9BrF3N3. The second kappa shape index (κ2) is 4.74. The van der Waals surface area contributed by atoms with Crippen molar-refractivity contribution in [1.29, 1.82) is 0 Å². The van der Waals surface area contributed by atoms with Crippen LogP contribution in [0, 0.1) is 0 Å². The van der Waals surface area contributed by atoms with Crippen LogP contribution >= 0.6 is 15.9 Å². The number of nitrogens with zero attached hydrogens (tertiary/aromatic N) is 1. The lowest BCUT2D eigenvalue weighted by atomic mass is 10.1. The van der Waals surface area contributed by atoms with Crippen molar-refractivity contribution in [3.63, 3.8) is 0 Å². The number of benzene rings is 1. The normalized spacial score (nSPS) is 11.8. The van der Waals surface area contributed by atoms with Crippen molar-refractivity contribution in [2.45, 2.75) is 12.7 Å². The van der Waals surface area contributed by atoms with Crippen LogP contribution in [0.25, 0.3) is 11.3 Å². The number of halogens is 4. The van der Waals surface area contributed by atoms with E-state index in [-0.39, 0.29) is 0 Å². The lowest BCUT2D eigenvalue weighted by Crippen LogP contribution is -2.04. The van der Waals surface area contributed by atoms with Gasteiger partial charge in [0.25, 0.3) is 0 Å². The van der Waals surface area contributed by atoms with Crippen molar-refractivity contribution in [3.8, 4) is 11.3 Å². The maximum Gasteiger partial charge on any atom is 0.416 e. The maximum atomic E-state index is 12.5. The molecule has 18 heavy (non-hydrogen) atoms. The Morgan fingerprint density at radius 1 is 1.28 bits per heavy atom. The van der Waals surface area contributed by atoms with Gasteiger partial charge in [-0.25, -0.2) is 0 Å². The zero-order valence-electron chi connectivity index (χ0n) is 9.05. The molecule has 2 rings (SSSR count). The summed E-state index contributed by atoms with van der Waals surface area (Å²) in [6, 6.07) is 5.14. The molecule has 1 aromatic carbocycles. The van der Waals surface area contributed by atoms with Crippen molar-refractivity contribution in [2.24, 2.45) is 5.73 Å². The Bertz CT molecular complexity index is 563. The maximum absolute atomic E-state index is 12.5. The van der Waals surface area contributed by atoms with Gasteiger partial charge in [0.05, 0.1) is 11.3 Å². The molecule has 3 N–H and O–H groups in total. The number of hydrogen-bond donors (Lipinski definition) is 2. The summed E-state index contributed by atoms with van der Waals surface area (Å²) in [7, 11) is 0. The highest BCUT2D eigenvalue weighted by Crippen LogP contribution is 2.35. The number of hydrogen-bond acceptors (Lipinski definition) is 2. The molecule has 0 bridgehead atoms. The fourth-order valence-corrected chi connectivity index (χ4v) is 2.09. The lowest BCUT2D eigenvalue weighted by molar-refractivity contribution is -0.137. The molecule has 1 aromatic heterocycles. The first-order chi connectivity index (χ1) is 8.41. The summed E-state index contributed by atoms with van der Waals surface area (Å²) < 4.78 is 37.8. The molecule has 0 saturated heterocycles. The molecule has 0 radical (unpaired) electrons.